The Balaban J connectivity index is 2.32. The predicted octanol–water partition coefficient (Wildman–Crippen LogP) is 2.71. The summed E-state index contributed by atoms with van der Waals surface area (Å²) in [7, 11) is 1.51. The molecular formula is C14H13BrN2O3. The van der Waals surface area contributed by atoms with Gasteiger partial charge in [-0.25, -0.2) is 0 Å². The highest BCUT2D eigenvalue weighted by Crippen LogP contribution is 2.28. The van der Waals surface area contributed by atoms with Gasteiger partial charge < -0.3 is 15.0 Å². The van der Waals surface area contributed by atoms with Crippen molar-refractivity contribution in [2.24, 2.45) is 0 Å². The molecule has 0 aliphatic carbocycles. The Morgan fingerprint density at radius 1 is 1.35 bits per heavy atom. The molecule has 0 aliphatic rings. The van der Waals surface area contributed by atoms with E-state index in [1.807, 2.05) is 0 Å². The van der Waals surface area contributed by atoms with Crippen LogP contribution in [-0.4, -0.2) is 18.0 Å². The number of pyridine rings is 1. The van der Waals surface area contributed by atoms with Crippen LogP contribution >= 0.6 is 15.9 Å². The maximum atomic E-state index is 12.1. The Hall–Kier alpha value is -2.08. The number of hydrogen-bond donors (Lipinski definition) is 2. The summed E-state index contributed by atoms with van der Waals surface area (Å²) < 4.78 is 5.96. The van der Waals surface area contributed by atoms with Gasteiger partial charge in [0, 0.05) is 22.4 Å². The molecule has 1 aromatic heterocycles. The lowest BCUT2D eigenvalue weighted by atomic mass is 10.2. The molecule has 0 spiro atoms. The van der Waals surface area contributed by atoms with Gasteiger partial charge >= 0.3 is 0 Å². The molecule has 1 heterocycles. The highest BCUT2D eigenvalue weighted by atomic mass is 79.9. The molecule has 0 radical (unpaired) electrons. The third kappa shape index (κ3) is 3.08. The normalized spacial score (nSPS) is 10.2. The lowest BCUT2D eigenvalue weighted by molar-refractivity contribution is 0.102. The molecule has 2 rings (SSSR count). The third-order valence-electron chi connectivity index (χ3n) is 2.71. The number of methoxy groups -OCH3 is 1. The minimum Gasteiger partial charge on any atom is -0.495 e. The van der Waals surface area contributed by atoms with Crippen LogP contribution in [0.15, 0.2) is 39.7 Å². The zero-order valence-corrected chi connectivity index (χ0v) is 12.6. The second-order valence-electron chi connectivity index (χ2n) is 4.19. The highest BCUT2D eigenvalue weighted by molar-refractivity contribution is 9.10. The van der Waals surface area contributed by atoms with E-state index < -0.39 is 5.91 Å². The first-order chi connectivity index (χ1) is 9.51. The SMILES string of the molecule is COc1ccc(Br)cc1NC(=O)c1c[nH]c(C)cc1=O. The number of benzene rings is 1. The molecule has 1 amide bonds. The highest BCUT2D eigenvalue weighted by Gasteiger charge is 2.13. The average molecular weight is 337 g/mol. The Bertz CT molecular complexity index is 710. The maximum absolute atomic E-state index is 12.1. The van der Waals surface area contributed by atoms with E-state index >= 15 is 0 Å². The standard InChI is InChI=1S/C14H13BrN2O3/c1-8-5-12(18)10(7-16-8)14(19)17-11-6-9(15)3-4-13(11)20-2/h3-7H,1-2H3,(H,16,18)(H,17,19). The lowest BCUT2D eigenvalue weighted by Gasteiger charge is -2.10. The minimum absolute atomic E-state index is 0.0534. The van der Waals surface area contributed by atoms with Crippen LogP contribution in [0.25, 0.3) is 0 Å². The molecule has 5 nitrogen and oxygen atoms in total. The average Bonchev–Trinajstić information content (AvgIpc) is 2.38. The van der Waals surface area contributed by atoms with Crippen molar-refractivity contribution in [3.8, 4) is 5.75 Å². The molecule has 0 atom stereocenters. The Kier molecular flexibility index (Phi) is 4.24. The molecule has 0 fully saturated rings. The maximum Gasteiger partial charge on any atom is 0.261 e. The first-order valence-electron chi connectivity index (χ1n) is 5.85. The van der Waals surface area contributed by atoms with Gasteiger partial charge in [0.25, 0.3) is 5.91 Å². The van der Waals surface area contributed by atoms with E-state index in [1.54, 1.807) is 25.1 Å². The monoisotopic (exact) mass is 336 g/mol. The molecule has 0 unspecified atom stereocenters. The molecule has 0 aliphatic heterocycles. The fraction of sp³-hybridized carbons (Fsp3) is 0.143. The fourth-order valence-electron chi connectivity index (χ4n) is 1.72. The number of aromatic amines is 1. The van der Waals surface area contributed by atoms with E-state index in [0.29, 0.717) is 17.1 Å². The molecule has 6 heteroatoms. The largest absolute Gasteiger partial charge is 0.495 e. The van der Waals surface area contributed by atoms with Gasteiger partial charge in [0.2, 0.25) is 0 Å². The lowest BCUT2D eigenvalue weighted by Crippen LogP contribution is -2.21. The van der Waals surface area contributed by atoms with Gasteiger partial charge in [-0.1, -0.05) is 15.9 Å². The van der Waals surface area contributed by atoms with Gasteiger partial charge in [-0.3, -0.25) is 9.59 Å². The number of halogens is 1. The van der Waals surface area contributed by atoms with Gasteiger partial charge in [-0.2, -0.15) is 0 Å². The third-order valence-corrected chi connectivity index (χ3v) is 3.20. The molecule has 2 N–H and O–H groups in total. The molecule has 104 valence electrons. The quantitative estimate of drug-likeness (QED) is 0.905. The zero-order chi connectivity index (χ0) is 14.7. The molecule has 2 aromatic rings. The van der Waals surface area contributed by atoms with Crippen molar-refractivity contribution in [1.82, 2.24) is 4.98 Å². The second-order valence-corrected chi connectivity index (χ2v) is 5.11. The van der Waals surface area contributed by atoms with Gasteiger partial charge in [-0.05, 0) is 25.1 Å². The Morgan fingerprint density at radius 3 is 2.75 bits per heavy atom. The molecular weight excluding hydrogens is 324 g/mol. The summed E-state index contributed by atoms with van der Waals surface area (Å²) in [6.07, 6.45) is 1.40. The number of amides is 1. The Labute approximate surface area is 124 Å². The number of rotatable bonds is 3. The number of aryl methyl sites for hydroxylation is 1. The van der Waals surface area contributed by atoms with Crippen LogP contribution in [0.2, 0.25) is 0 Å². The zero-order valence-electron chi connectivity index (χ0n) is 11.0. The van der Waals surface area contributed by atoms with Crippen LogP contribution in [0.4, 0.5) is 5.69 Å². The summed E-state index contributed by atoms with van der Waals surface area (Å²) in [5.41, 5.74) is 0.920. The Morgan fingerprint density at radius 2 is 2.10 bits per heavy atom. The molecule has 0 bridgehead atoms. The number of nitrogens with one attached hydrogen (secondary N) is 2. The summed E-state index contributed by atoms with van der Waals surface area (Å²) in [5.74, 6) is 0.0349. The number of anilines is 1. The summed E-state index contributed by atoms with van der Waals surface area (Å²) in [6, 6.07) is 6.61. The molecule has 1 aromatic carbocycles. The van der Waals surface area contributed by atoms with Gasteiger partial charge in [0.1, 0.15) is 11.3 Å². The van der Waals surface area contributed by atoms with Crippen molar-refractivity contribution in [2.45, 2.75) is 6.92 Å². The van der Waals surface area contributed by atoms with E-state index in [-0.39, 0.29) is 11.0 Å². The molecule has 0 saturated heterocycles. The van der Waals surface area contributed by atoms with Crippen molar-refractivity contribution in [3.63, 3.8) is 0 Å². The van der Waals surface area contributed by atoms with Crippen LogP contribution in [0.3, 0.4) is 0 Å². The van der Waals surface area contributed by atoms with E-state index in [2.05, 4.69) is 26.2 Å². The van der Waals surface area contributed by atoms with E-state index in [1.165, 1.54) is 19.4 Å². The van der Waals surface area contributed by atoms with E-state index in [0.717, 1.165) is 4.47 Å². The van der Waals surface area contributed by atoms with Crippen LogP contribution in [-0.2, 0) is 0 Å². The minimum atomic E-state index is -0.484. The van der Waals surface area contributed by atoms with Crippen LogP contribution in [0.1, 0.15) is 16.1 Å². The summed E-state index contributed by atoms with van der Waals surface area (Å²) >= 11 is 3.32. The fourth-order valence-corrected chi connectivity index (χ4v) is 2.08. The predicted molar refractivity (Wildman–Crippen MR) is 80.4 cm³/mol. The topological polar surface area (TPSA) is 71.2 Å². The number of H-pyrrole nitrogens is 1. The number of aromatic nitrogens is 1. The summed E-state index contributed by atoms with van der Waals surface area (Å²) in [6.45, 7) is 1.75. The summed E-state index contributed by atoms with van der Waals surface area (Å²) in [4.78, 5) is 26.7. The van der Waals surface area contributed by atoms with E-state index in [9.17, 15) is 9.59 Å². The first kappa shape index (κ1) is 14.3. The number of carbonyl (C=O) groups is 1. The number of ether oxygens (including phenoxy) is 1. The second kappa shape index (κ2) is 5.92. The van der Waals surface area contributed by atoms with E-state index in [4.69, 9.17) is 4.74 Å². The first-order valence-corrected chi connectivity index (χ1v) is 6.65. The van der Waals surface area contributed by atoms with Gasteiger partial charge in [0.15, 0.2) is 5.43 Å². The number of carbonyl (C=O) groups excluding carboxylic acids is 1. The summed E-state index contributed by atoms with van der Waals surface area (Å²) in [5, 5.41) is 2.66. The van der Waals surface area contributed by atoms with Crippen molar-refractivity contribution < 1.29 is 9.53 Å². The van der Waals surface area contributed by atoms with Crippen molar-refractivity contribution in [3.05, 3.63) is 56.4 Å². The van der Waals surface area contributed by atoms with Crippen LogP contribution in [0.5, 0.6) is 5.75 Å². The van der Waals surface area contributed by atoms with Gasteiger partial charge in [0.05, 0.1) is 12.8 Å². The van der Waals surface area contributed by atoms with Crippen LogP contribution < -0.4 is 15.5 Å². The van der Waals surface area contributed by atoms with Crippen molar-refractivity contribution in [2.75, 3.05) is 12.4 Å². The van der Waals surface area contributed by atoms with Gasteiger partial charge in [-0.15, -0.1) is 0 Å². The van der Waals surface area contributed by atoms with Crippen LogP contribution in [0, 0.1) is 6.92 Å². The van der Waals surface area contributed by atoms with Crippen molar-refractivity contribution in [1.29, 1.82) is 0 Å². The van der Waals surface area contributed by atoms with Crippen molar-refractivity contribution >= 4 is 27.5 Å². The molecule has 20 heavy (non-hydrogen) atoms. The molecule has 0 saturated carbocycles. The number of hydrogen-bond acceptors (Lipinski definition) is 3. The smallest absolute Gasteiger partial charge is 0.261 e.